The Morgan fingerprint density at radius 2 is 1.64 bits per heavy atom. The lowest BCUT2D eigenvalue weighted by atomic mass is 10.1. The van der Waals surface area contributed by atoms with E-state index in [1.165, 1.54) is 6.08 Å². The normalized spacial score (nSPS) is 12.5. The quantitative estimate of drug-likeness (QED) is 0.625. The molecular formula is C20H22N2O5S. The van der Waals surface area contributed by atoms with Gasteiger partial charge in [0.2, 0.25) is 10.0 Å². The van der Waals surface area contributed by atoms with Gasteiger partial charge in [0, 0.05) is 5.41 Å². The number of sulfonamides is 1. The van der Waals surface area contributed by atoms with E-state index >= 15 is 0 Å². The van der Waals surface area contributed by atoms with Gasteiger partial charge in [0.15, 0.2) is 6.61 Å². The van der Waals surface area contributed by atoms with Gasteiger partial charge < -0.3 is 10.1 Å². The molecule has 2 aromatic rings. The van der Waals surface area contributed by atoms with Crippen LogP contribution < -0.4 is 10.0 Å². The van der Waals surface area contributed by atoms with E-state index in [0.29, 0.717) is 5.56 Å². The second kappa shape index (κ2) is 10.4. The molecule has 0 heterocycles. The van der Waals surface area contributed by atoms with Crippen molar-refractivity contribution in [3.63, 3.8) is 0 Å². The van der Waals surface area contributed by atoms with Crippen LogP contribution in [0.25, 0.3) is 6.08 Å². The molecular weight excluding hydrogens is 380 g/mol. The summed E-state index contributed by atoms with van der Waals surface area (Å²) < 4.78 is 30.6. The molecule has 1 amide bonds. The molecule has 28 heavy (non-hydrogen) atoms. The molecule has 1 atom stereocenters. The van der Waals surface area contributed by atoms with Crippen molar-refractivity contribution in [3.05, 3.63) is 77.2 Å². The van der Waals surface area contributed by atoms with E-state index in [9.17, 15) is 18.0 Å². The SMILES string of the molecule is C[C@H](NC(=O)COC(=O)CNS(=O)(=O)/C=C/c1ccccc1)c1ccccc1. The van der Waals surface area contributed by atoms with Crippen LogP contribution in [-0.4, -0.2) is 33.4 Å². The lowest BCUT2D eigenvalue weighted by Gasteiger charge is -2.14. The number of esters is 1. The third kappa shape index (κ3) is 7.73. The van der Waals surface area contributed by atoms with Crippen LogP contribution in [0, 0.1) is 0 Å². The monoisotopic (exact) mass is 402 g/mol. The first-order valence-electron chi connectivity index (χ1n) is 8.58. The summed E-state index contributed by atoms with van der Waals surface area (Å²) in [5, 5.41) is 3.66. The van der Waals surface area contributed by atoms with Gasteiger partial charge in [-0.15, -0.1) is 0 Å². The Morgan fingerprint density at radius 1 is 1.04 bits per heavy atom. The van der Waals surface area contributed by atoms with E-state index in [1.54, 1.807) is 24.3 Å². The molecule has 2 N–H and O–H groups in total. The van der Waals surface area contributed by atoms with Crippen molar-refractivity contribution >= 4 is 28.0 Å². The van der Waals surface area contributed by atoms with Crippen LogP contribution in [0.2, 0.25) is 0 Å². The summed E-state index contributed by atoms with van der Waals surface area (Å²) in [6.07, 6.45) is 1.41. The van der Waals surface area contributed by atoms with Crippen LogP contribution in [0.5, 0.6) is 0 Å². The van der Waals surface area contributed by atoms with E-state index in [2.05, 4.69) is 10.0 Å². The first-order valence-corrected chi connectivity index (χ1v) is 10.1. The Bertz CT molecular complexity index is 912. The minimum Gasteiger partial charge on any atom is -0.455 e. The van der Waals surface area contributed by atoms with Gasteiger partial charge in [-0.2, -0.15) is 0 Å². The molecule has 0 aliphatic heterocycles. The zero-order valence-electron chi connectivity index (χ0n) is 15.4. The topological polar surface area (TPSA) is 102 Å². The Hall–Kier alpha value is -2.97. The van der Waals surface area contributed by atoms with Gasteiger partial charge in [-0.3, -0.25) is 9.59 Å². The first kappa shape index (κ1) is 21.3. The van der Waals surface area contributed by atoms with Crippen molar-refractivity contribution < 1.29 is 22.7 Å². The van der Waals surface area contributed by atoms with Gasteiger partial charge in [0.1, 0.15) is 6.54 Å². The molecule has 0 aliphatic rings. The Kier molecular flexibility index (Phi) is 7.91. The van der Waals surface area contributed by atoms with Crippen LogP contribution >= 0.6 is 0 Å². The molecule has 2 aromatic carbocycles. The fraction of sp³-hybridized carbons (Fsp3) is 0.200. The minimum atomic E-state index is -3.80. The lowest BCUT2D eigenvalue weighted by Crippen LogP contribution is -2.34. The summed E-state index contributed by atoms with van der Waals surface area (Å²) >= 11 is 0. The molecule has 0 aliphatic carbocycles. The summed E-state index contributed by atoms with van der Waals surface area (Å²) in [6, 6.07) is 17.9. The van der Waals surface area contributed by atoms with Crippen LogP contribution in [0.4, 0.5) is 0 Å². The number of amides is 1. The molecule has 0 saturated carbocycles. The maximum atomic E-state index is 11.9. The Morgan fingerprint density at radius 3 is 2.29 bits per heavy atom. The Labute approximate surface area is 164 Å². The highest BCUT2D eigenvalue weighted by Gasteiger charge is 2.13. The van der Waals surface area contributed by atoms with Crippen LogP contribution in [0.15, 0.2) is 66.1 Å². The molecule has 0 fully saturated rings. The number of rotatable bonds is 9. The zero-order valence-corrected chi connectivity index (χ0v) is 16.2. The maximum absolute atomic E-state index is 11.9. The molecule has 0 radical (unpaired) electrons. The van der Waals surface area contributed by atoms with Crippen LogP contribution in [0.1, 0.15) is 24.1 Å². The van der Waals surface area contributed by atoms with Gasteiger partial charge in [-0.25, -0.2) is 13.1 Å². The molecule has 7 nitrogen and oxygen atoms in total. The van der Waals surface area contributed by atoms with Crippen LogP contribution in [0.3, 0.4) is 0 Å². The molecule has 0 saturated heterocycles. The standard InChI is InChI=1S/C20H22N2O5S/c1-16(18-10-6-3-7-11-18)22-19(23)15-27-20(24)14-21-28(25,26)13-12-17-8-4-2-5-9-17/h2-13,16,21H,14-15H2,1H3,(H,22,23)/b13-12+/t16-/m0/s1. The van der Waals surface area contributed by atoms with E-state index in [1.807, 2.05) is 43.3 Å². The predicted octanol–water partition coefficient (Wildman–Crippen LogP) is 2.00. The largest absolute Gasteiger partial charge is 0.455 e. The molecule has 0 bridgehead atoms. The average Bonchev–Trinajstić information content (AvgIpc) is 2.71. The van der Waals surface area contributed by atoms with Gasteiger partial charge >= 0.3 is 5.97 Å². The molecule has 2 rings (SSSR count). The number of nitrogens with one attached hydrogen (secondary N) is 2. The highest BCUT2D eigenvalue weighted by atomic mass is 32.2. The first-order chi connectivity index (χ1) is 13.4. The third-order valence-corrected chi connectivity index (χ3v) is 4.74. The summed E-state index contributed by atoms with van der Waals surface area (Å²) in [4.78, 5) is 23.5. The Balaban J connectivity index is 1.73. The van der Waals surface area contributed by atoms with Crippen molar-refractivity contribution in [2.75, 3.05) is 13.2 Å². The van der Waals surface area contributed by atoms with Gasteiger partial charge in [0.05, 0.1) is 6.04 Å². The van der Waals surface area contributed by atoms with Gasteiger partial charge in [0.25, 0.3) is 5.91 Å². The van der Waals surface area contributed by atoms with Crippen molar-refractivity contribution in [2.24, 2.45) is 0 Å². The summed E-state index contributed by atoms with van der Waals surface area (Å²) in [5.41, 5.74) is 1.62. The third-order valence-electron chi connectivity index (χ3n) is 3.70. The molecule has 0 unspecified atom stereocenters. The fourth-order valence-electron chi connectivity index (χ4n) is 2.25. The van der Waals surface area contributed by atoms with Gasteiger partial charge in [-0.05, 0) is 24.1 Å². The van der Waals surface area contributed by atoms with Crippen molar-refractivity contribution in [1.29, 1.82) is 0 Å². The lowest BCUT2D eigenvalue weighted by molar-refractivity contribution is -0.147. The minimum absolute atomic E-state index is 0.242. The second-order valence-electron chi connectivity index (χ2n) is 5.94. The van der Waals surface area contributed by atoms with E-state index in [4.69, 9.17) is 4.74 Å². The molecule has 8 heteroatoms. The number of benzene rings is 2. The number of hydrogen-bond donors (Lipinski definition) is 2. The maximum Gasteiger partial charge on any atom is 0.321 e. The highest BCUT2D eigenvalue weighted by Crippen LogP contribution is 2.10. The molecule has 148 valence electrons. The molecule has 0 aromatic heterocycles. The summed E-state index contributed by atoms with van der Waals surface area (Å²) in [5.74, 6) is -1.32. The second-order valence-corrected chi connectivity index (χ2v) is 7.59. The predicted molar refractivity (Wildman–Crippen MR) is 106 cm³/mol. The van der Waals surface area contributed by atoms with E-state index in [0.717, 1.165) is 11.0 Å². The van der Waals surface area contributed by atoms with Crippen molar-refractivity contribution in [3.8, 4) is 0 Å². The van der Waals surface area contributed by atoms with Gasteiger partial charge in [-0.1, -0.05) is 60.7 Å². The fourth-order valence-corrected chi connectivity index (χ4v) is 3.00. The summed E-state index contributed by atoms with van der Waals surface area (Å²) in [7, 11) is -3.80. The zero-order chi connectivity index (χ0) is 20.4. The average molecular weight is 402 g/mol. The van der Waals surface area contributed by atoms with Crippen LogP contribution in [-0.2, 0) is 24.3 Å². The number of carbonyl (C=O) groups is 2. The smallest absolute Gasteiger partial charge is 0.321 e. The van der Waals surface area contributed by atoms with E-state index < -0.39 is 35.1 Å². The summed E-state index contributed by atoms with van der Waals surface area (Å²) in [6.45, 7) is 0.753. The molecule has 0 spiro atoms. The van der Waals surface area contributed by atoms with Crippen molar-refractivity contribution in [1.82, 2.24) is 10.0 Å². The van der Waals surface area contributed by atoms with Crippen molar-refractivity contribution in [2.45, 2.75) is 13.0 Å². The highest BCUT2D eigenvalue weighted by molar-refractivity contribution is 7.92. The number of ether oxygens (including phenoxy) is 1. The number of hydrogen-bond acceptors (Lipinski definition) is 5. The number of carbonyl (C=O) groups excluding carboxylic acids is 2. The van der Waals surface area contributed by atoms with E-state index in [-0.39, 0.29) is 6.04 Å².